The van der Waals surface area contributed by atoms with Gasteiger partial charge in [-0.3, -0.25) is 4.79 Å². The van der Waals surface area contributed by atoms with Crippen LogP contribution in [0.5, 0.6) is 5.75 Å². The normalized spacial score (nSPS) is 13.2. The Labute approximate surface area is 130 Å². The van der Waals surface area contributed by atoms with Gasteiger partial charge in [-0.15, -0.1) is 0 Å². The van der Waals surface area contributed by atoms with Crippen LogP contribution < -0.4 is 15.8 Å². The molecular weight excluding hydrogens is 284 g/mol. The van der Waals surface area contributed by atoms with E-state index in [1.807, 2.05) is 19.1 Å². The van der Waals surface area contributed by atoms with Crippen molar-refractivity contribution in [2.45, 2.75) is 39.2 Å². The van der Waals surface area contributed by atoms with E-state index in [0.717, 1.165) is 0 Å². The van der Waals surface area contributed by atoms with Gasteiger partial charge in [-0.05, 0) is 24.5 Å². The van der Waals surface area contributed by atoms with Crippen LogP contribution in [0.2, 0.25) is 0 Å². The fourth-order valence-electron chi connectivity index (χ4n) is 1.96. The molecule has 0 radical (unpaired) electrons. The Hall–Kier alpha value is -2.24. The number of nitrogens with two attached hydrogens (primary N) is 1. The number of carboxylic acid groups (broad SMARTS) is 1. The Balaban J connectivity index is 2.34. The number of ether oxygens (including phenoxy) is 1. The van der Waals surface area contributed by atoms with E-state index in [0.29, 0.717) is 30.9 Å². The van der Waals surface area contributed by atoms with Crippen molar-refractivity contribution in [3.05, 3.63) is 24.3 Å². The average Bonchev–Trinajstić information content (AvgIpc) is 2.49. The second kappa shape index (κ2) is 8.92. The van der Waals surface area contributed by atoms with Crippen LogP contribution in [0.25, 0.3) is 0 Å². The van der Waals surface area contributed by atoms with Crippen molar-refractivity contribution in [2.24, 2.45) is 5.92 Å². The third-order valence-electron chi connectivity index (χ3n) is 3.52. The lowest BCUT2D eigenvalue weighted by Crippen LogP contribution is -2.45. The van der Waals surface area contributed by atoms with Crippen LogP contribution in [0.4, 0.5) is 5.69 Å². The topological polar surface area (TPSA) is 102 Å². The first-order chi connectivity index (χ1) is 10.5. The quantitative estimate of drug-likeness (QED) is 0.478. The van der Waals surface area contributed by atoms with Crippen molar-refractivity contribution in [2.75, 3.05) is 12.3 Å². The number of nitrogens with one attached hydrogen (secondary N) is 1. The van der Waals surface area contributed by atoms with E-state index < -0.39 is 12.0 Å². The standard InChI is InChI=1S/C16H24N2O4/c1-3-11(2)15(16(20)21)18-14(19)9-6-10-22-13-8-5-4-7-12(13)17/h4-5,7-8,11,15H,3,6,9-10,17H2,1-2H3,(H,18,19)(H,20,21). The lowest BCUT2D eigenvalue weighted by molar-refractivity contribution is -0.143. The minimum absolute atomic E-state index is 0.109. The fraction of sp³-hybridized carbons (Fsp3) is 0.500. The summed E-state index contributed by atoms with van der Waals surface area (Å²) in [5, 5.41) is 11.7. The molecule has 4 N–H and O–H groups in total. The highest BCUT2D eigenvalue weighted by Crippen LogP contribution is 2.19. The molecule has 6 nitrogen and oxygen atoms in total. The van der Waals surface area contributed by atoms with Gasteiger partial charge in [0, 0.05) is 6.42 Å². The van der Waals surface area contributed by atoms with Crippen molar-refractivity contribution in [3.63, 3.8) is 0 Å². The number of rotatable bonds is 9. The summed E-state index contributed by atoms with van der Waals surface area (Å²) in [5.74, 6) is -0.805. The maximum absolute atomic E-state index is 11.8. The Morgan fingerprint density at radius 3 is 2.64 bits per heavy atom. The maximum atomic E-state index is 11.8. The highest BCUT2D eigenvalue weighted by molar-refractivity contribution is 5.83. The first kappa shape index (κ1) is 17.8. The third-order valence-corrected chi connectivity index (χ3v) is 3.52. The van der Waals surface area contributed by atoms with E-state index in [1.165, 1.54) is 0 Å². The second-order valence-electron chi connectivity index (χ2n) is 5.26. The van der Waals surface area contributed by atoms with Crippen molar-refractivity contribution in [3.8, 4) is 5.75 Å². The van der Waals surface area contributed by atoms with E-state index in [1.54, 1.807) is 19.1 Å². The molecule has 6 heteroatoms. The van der Waals surface area contributed by atoms with Crippen LogP contribution in [0.15, 0.2) is 24.3 Å². The van der Waals surface area contributed by atoms with Crippen molar-refractivity contribution in [1.82, 2.24) is 5.32 Å². The number of hydrogen-bond donors (Lipinski definition) is 3. The zero-order valence-corrected chi connectivity index (χ0v) is 13.0. The summed E-state index contributed by atoms with van der Waals surface area (Å²) in [6.07, 6.45) is 1.40. The highest BCUT2D eigenvalue weighted by atomic mass is 16.5. The summed E-state index contributed by atoms with van der Waals surface area (Å²) in [6, 6.07) is 6.30. The Morgan fingerprint density at radius 2 is 2.05 bits per heavy atom. The average molecular weight is 308 g/mol. The van der Waals surface area contributed by atoms with Crippen molar-refractivity contribution in [1.29, 1.82) is 0 Å². The predicted molar refractivity (Wildman–Crippen MR) is 84.6 cm³/mol. The van der Waals surface area contributed by atoms with Crippen molar-refractivity contribution >= 4 is 17.6 Å². The number of amides is 1. The van der Waals surface area contributed by atoms with Gasteiger partial charge in [0.15, 0.2) is 0 Å². The van der Waals surface area contributed by atoms with Gasteiger partial charge >= 0.3 is 5.97 Å². The number of carbonyl (C=O) groups is 2. The van der Waals surface area contributed by atoms with E-state index in [2.05, 4.69) is 5.32 Å². The minimum atomic E-state index is -1.00. The molecule has 0 fully saturated rings. The number of para-hydroxylation sites is 2. The number of nitrogen functional groups attached to an aromatic ring is 1. The SMILES string of the molecule is CCC(C)C(NC(=O)CCCOc1ccccc1N)C(=O)O. The summed E-state index contributed by atoms with van der Waals surface area (Å²) in [7, 11) is 0. The number of aliphatic carboxylic acids is 1. The first-order valence-electron chi connectivity index (χ1n) is 7.45. The highest BCUT2D eigenvalue weighted by Gasteiger charge is 2.24. The van der Waals surface area contributed by atoms with Gasteiger partial charge in [0.25, 0.3) is 0 Å². The number of carboxylic acids is 1. The molecule has 0 aliphatic carbocycles. The molecule has 0 aliphatic heterocycles. The lowest BCUT2D eigenvalue weighted by atomic mass is 9.99. The Kier molecular flexibility index (Phi) is 7.22. The van der Waals surface area contributed by atoms with Crippen LogP contribution >= 0.6 is 0 Å². The molecule has 0 aromatic heterocycles. The molecule has 2 atom stereocenters. The molecule has 0 saturated carbocycles. The molecule has 2 unspecified atom stereocenters. The van der Waals surface area contributed by atoms with E-state index in [4.69, 9.17) is 15.6 Å². The fourth-order valence-corrected chi connectivity index (χ4v) is 1.96. The summed E-state index contributed by atoms with van der Waals surface area (Å²) >= 11 is 0. The number of anilines is 1. The van der Waals surface area contributed by atoms with Gasteiger partial charge in [0.05, 0.1) is 12.3 Å². The zero-order chi connectivity index (χ0) is 16.5. The van der Waals surface area contributed by atoms with Crippen LogP contribution in [0, 0.1) is 5.92 Å². The summed E-state index contributed by atoms with van der Waals surface area (Å²) in [4.78, 5) is 22.9. The largest absolute Gasteiger partial charge is 0.491 e. The predicted octanol–water partition coefficient (Wildman–Crippen LogP) is 2.04. The molecule has 0 saturated heterocycles. The van der Waals surface area contributed by atoms with Crippen LogP contribution in [0.3, 0.4) is 0 Å². The first-order valence-corrected chi connectivity index (χ1v) is 7.45. The molecule has 0 heterocycles. The van der Waals surface area contributed by atoms with Gasteiger partial charge in [-0.25, -0.2) is 4.79 Å². The molecule has 0 aliphatic rings. The number of carbonyl (C=O) groups excluding carboxylic acids is 1. The molecule has 0 bridgehead atoms. The zero-order valence-electron chi connectivity index (χ0n) is 13.0. The molecule has 1 aromatic rings. The van der Waals surface area contributed by atoms with Gasteiger partial charge in [0.1, 0.15) is 11.8 Å². The van der Waals surface area contributed by atoms with E-state index in [9.17, 15) is 9.59 Å². The molecule has 1 rings (SSSR count). The van der Waals surface area contributed by atoms with Crippen molar-refractivity contribution < 1.29 is 19.4 Å². The number of hydrogen-bond acceptors (Lipinski definition) is 4. The van der Waals surface area contributed by atoms with Gasteiger partial charge < -0.3 is 20.9 Å². The Morgan fingerprint density at radius 1 is 1.36 bits per heavy atom. The van der Waals surface area contributed by atoms with Crippen LogP contribution in [0.1, 0.15) is 33.1 Å². The minimum Gasteiger partial charge on any atom is -0.491 e. The van der Waals surface area contributed by atoms with Crippen LogP contribution in [-0.4, -0.2) is 29.6 Å². The molecule has 22 heavy (non-hydrogen) atoms. The maximum Gasteiger partial charge on any atom is 0.326 e. The van der Waals surface area contributed by atoms with Gasteiger partial charge in [-0.1, -0.05) is 32.4 Å². The monoisotopic (exact) mass is 308 g/mol. The van der Waals surface area contributed by atoms with Crippen LogP contribution in [-0.2, 0) is 9.59 Å². The van der Waals surface area contributed by atoms with E-state index >= 15 is 0 Å². The molecule has 1 aromatic carbocycles. The second-order valence-corrected chi connectivity index (χ2v) is 5.26. The summed E-state index contributed by atoms with van der Waals surface area (Å²) in [5.41, 5.74) is 6.29. The Bertz CT molecular complexity index is 505. The number of benzene rings is 1. The van der Waals surface area contributed by atoms with Gasteiger partial charge in [0.2, 0.25) is 5.91 Å². The molecule has 1 amide bonds. The molecule has 0 spiro atoms. The molecular formula is C16H24N2O4. The third kappa shape index (κ3) is 5.63. The lowest BCUT2D eigenvalue weighted by Gasteiger charge is -2.20. The van der Waals surface area contributed by atoms with Gasteiger partial charge in [-0.2, -0.15) is 0 Å². The summed E-state index contributed by atoms with van der Waals surface area (Å²) < 4.78 is 5.49. The summed E-state index contributed by atoms with van der Waals surface area (Å²) in [6.45, 7) is 4.05. The molecule has 122 valence electrons. The smallest absolute Gasteiger partial charge is 0.326 e. The van der Waals surface area contributed by atoms with E-state index in [-0.39, 0.29) is 18.2 Å².